The molecule has 16 heteroatoms. The summed E-state index contributed by atoms with van der Waals surface area (Å²) in [5, 5.41) is 19.6. The molecule has 2 atom stereocenters. The summed E-state index contributed by atoms with van der Waals surface area (Å²) in [5.41, 5.74) is 3.24. The van der Waals surface area contributed by atoms with Gasteiger partial charge in [0.05, 0.1) is 6.04 Å². The van der Waals surface area contributed by atoms with Crippen LogP contribution in [-0.2, 0) is 29.5 Å². The third-order valence-corrected chi connectivity index (χ3v) is 5.81. The Morgan fingerprint density at radius 3 is 2.57 bits per heavy atom. The zero-order valence-corrected chi connectivity index (χ0v) is 17.7. The van der Waals surface area contributed by atoms with Crippen LogP contribution in [0, 0.1) is 0 Å². The minimum atomic E-state index is -4.84. The Kier molecular flexibility index (Phi) is 6.65. The van der Waals surface area contributed by atoms with Gasteiger partial charge >= 0.3 is 16.3 Å². The molecule has 0 aliphatic carbocycles. The van der Waals surface area contributed by atoms with E-state index >= 15 is 0 Å². The molecule has 166 valence electrons. The number of oxime groups is 1. The number of amides is 2. The number of aromatic nitrogens is 1. The van der Waals surface area contributed by atoms with Gasteiger partial charge in [-0.1, -0.05) is 5.16 Å². The zero-order valence-electron chi connectivity index (χ0n) is 16.0. The summed E-state index contributed by atoms with van der Waals surface area (Å²) >= 11 is 1.12. The Labute approximate surface area is 175 Å². The SMILES string of the molecule is CNc1nc(/C(=N/OC(C)(C)C(=O)O)C(=O)N[C@@H]2C(=O)N(S(=O)(=O)O)[C@@H]2CN)cs1. The monoisotopic (exact) mass is 464 g/mol. The fraction of sp³-hybridized carbons (Fsp3) is 0.500. The molecule has 2 heterocycles. The molecule has 0 aromatic carbocycles. The summed E-state index contributed by atoms with van der Waals surface area (Å²) in [5.74, 6) is -3.43. The second-order valence-corrected chi connectivity index (χ2v) is 8.65. The van der Waals surface area contributed by atoms with Gasteiger partial charge in [-0.05, 0) is 13.8 Å². The molecule has 2 amide bonds. The van der Waals surface area contributed by atoms with Gasteiger partial charge in [-0.3, -0.25) is 14.1 Å². The van der Waals surface area contributed by atoms with Gasteiger partial charge in [0.25, 0.3) is 11.8 Å². The van der Waals surface area contributed by atoms with E-state index in [-0.39, 0.29) is 16.5 Å². The van der Waals surface area contributed by atoms with E-state index in [2.05, 4.69) is 20.8 Å². The molecule has 1 aliphatic heterocycles. The summed E-state index contributed by atoms with van der Waals surface area (Å²) < 4.78 is 31.8. The lowest BCUT2D eigenvalue weighted by Crippen LogP contribution is -2.74. The molecule has 0 spiro atoms. The van der Waals surface area contributed by atoms with E-state index in [4.69, 9.17) is 20.2 Å². The molecule has 0 bridgehead atoms. The van der Waals surface area contributed by atoms with Gasteiger partial charge in [-0.15, -0.1) is 11.3 Å². The van der Waals surface area contributed by atoms with Crippen molar-refractivity contribution >= 4 is 50.3 Å². The van der Waals surface area contributed by atoms with Gasteiger partial charge in [-0.2, -0.15) is 8.42 Å². The van der Waals surface area contributed by atoms with Gasteiger partial charge in [0, 0.05) is 19.0 Å². The van der Waals surface area contributed by atoms with Crippen LogP contribution in [0.2, 0.25) is 0 Å². The normalized spacial score (nSPS) is 19.8. The molecule has 0 unspecified atom stereocenters. The molecular formula is C14H20N6O8S2. The Balaban J connectivity index is 2.31. The number of β-lactam (4-membered cyclic amide) rings is 1. The van der Waals surface area contributed by atoms with Crippen LogP contribution in [0.15, 0.2) is 10.5 Å². The number of carbonyl (C=O) groups is 3. The third-order valence-electron chi connectivity index (χ3n) is 4.00. The second-order valence-electron chi connectivity index (χ2n) is 6.50. The van der Waals surface area contributed by atoms with Crippen molar-refractivity contribution in [3.05, 3.63) is 11.1 Å². The fourth-order valence-corrected chi connectivity index (χ4v) is 3.85. The number of rotatable bonds is 9. The predicted octanol–water partition coefficient (Wildman–Crippen LogP) is -1.77. The highest BCUT2D eigenvalue weighted by Crippen LogP contribution is 2.23. The van der Waals surface area contributed by atoms with Crippen LogP contribution in [0.1, 0.15) is 19.5 Å². The molecule has 14 nitrogen and oxygen atoms in total. The van der Waals surface area contributed by atoms with Crippen LogP contribution in [0.25, 0.3) is 0 Å². The number of nitrogens with two attached hydrogens (primary N) is 1. The van der Waals surface area contributed by atoms with Crippen molar-refractivity contribution in [3.63, 3.8) is 0 Å². The first-order chi connectivity index (χ1) is 13.8. The molecule has 6 N–H and O–H groups in total. The molecule has 1 aliphatic rings. The Bertz CT molecular complexity index is 988. The van der Waals surface area contributed by atoms with Crippen molar-refractivity contribution in [1.29, 1.82) is 0 Å². The van der Waals surface area contributed by atoms with Crippen LogP contribution >= 0.6 is 11.3 Å². The molecule has 1 saturated heterocycles. The molecular weight excluding hydrogens is 444 g/mol. The first kappa shape index (κ1) is 23.5. The number of carboxylic acid groups (broad SMARTS) is 1. The van der Waals surface area contributed by atoms with Crippen LogP contribution in [0.3, 0.4) is 0 Å². The number of aliphatic carboxylic acids is 1. The number of hydrogen-bond donors (Lipinski definition) is 5. The minimum Gasteiger partial charge on any atom is -0.478 e. The fourth-order valence-electron chi connectivity index (χ4n) is 2.30. The number of carbonyl (C=O) groups excluding carboxylic acids is 2. The Morgan fingerprint density at radius 1 is 1.47 bits per heavy atom. The number of nitrogens with zero attached hydrogens (tertiary/aromatic N) is 3. The average molecular weight is 464 g/mol. The summed E-state index contributed by atoms with van der Waals surface area (Å²) in [6.07, 6.45) is 0. The van der Waals surface area contributed by atoms with Crippen molar-refractivity contribution < 1.29 is 37.3 Å². The highest BCUT2D eigenvalue weighted by atomic mass is 32.2. The van der Waals surface area contributed by atoms with E-state index in [0.29, 0.717) is 5.13 Å². The van der Waals surface area contributed by atoms with E-state index in [9.17, 15) is 22.8 Å². The van der Waals surface area contributed by atoms with Crippen molar-refractivity contribution in [2.45, 2.75) is 31.5 Å². The summed E-state index contributed by atoms with van der Waals surface area (Å²) in [6.45, 7) is 2.04. The molecule has 1 fully saturated rings. The minimum absolute atomic E-state index is 0.0192. The Morgan fingerprint density at radius 2 is 2.10 bits per heavy atom. The smallest absolute Gasteiger partial charge is 0.362 e. The van der Waals surface area contributed by atoms with Crippen molar-refractivity contribution in [3.8, 4) is 0 Å². The molecule has 0 saturated carbocycles. The summed E-state index contributed by atoms with van der Waals surface area (Å²) in [4.78, 5) is 45.1. The lowest BCUT2D eigenvalue weighted by Gasteiger charge is -2.43. The maximum atomic E-state index is 12.7. The van der Waals surface area contributed by atoms with E-state index in [0.717, 1.165) is 11.3 Å². The van der Waals surface area contributed by atoms with Crippen molar-refractivity contribution in [2.24, 2.45) is 10.9 Å². The van der Waals surface area contributed by atoms with Crippen molar-refractivity contribution in [1.82, 2.24) is 14.6 Å². The predicted molar refractivity (Wildman–Crippen MR) is 104 cm³/mol. The molecule has 1 aromatic rings. The largest absolute Gasteiger partial charge is 0.478 e. The number of thiazole rings is 1. The molecule has 2 rings (SSSR count). The van der Waals surface area contributed by atoms with Crippen LogP contribution in [-0.4, -0.2) is 82.1 Å². The standard InChI is InChI=1S/C14H20N6O8S2/c1-14(2,12(23)24)28-19-8(6-5-29-13(16-3)17-6)10(21)18-9-7(4-15)20(11(9)22)30(25,26)27/h5,7,9H,4,15H2,1-3H3,(H,16,17)(H,18,21)(H,23,24)(H,25,26,27)/b19-8-/t7-,9+/m1/s1. The number of carboxylic acids is 1. The van der Waals surface area contributed by atoms with Crippen LogP contribution < -0.4 is 16.4 Å². The van der Waals surface area contributed by atoms with Crippen molar-refractivity contribution in [2.75, 3.05) is 18.9 Å². The average Bonchev–Trinajstić information content (AvgIpc) is 3.11. The molecule has 30 heavy (non-hydrogen) atoms. The van der Waals surface area contributed by atoms with Crippen LogP contribution in [0.5, 0.6) is 0 Å². The van der Waals surface area contributed by atoms with Crippen LogP contribution in [0.4, 0.5) is 5.13 Å². The van der Waals surface area contributed by atoms with Gasteiger partial charge < -0.3 is 26.3 Å². The first-order valence-electron chi connectivity index (χ1n) is 8.28. The molecule has 1 aromatic heterocycles. The van der Waals surface area contributed by atoms with Gasteiger partial charge in [-0.25, -0.2) is 14.1 Å². The lowest BCUT2D eigenvalue weighted by molar-refractivity contribution is -0.161. The summed E-state index contributed by atoms with van der Waals surface area (Å²) in [7, 11) is -3.25. The van der Waals surface area contributed by atoms with Gasteiger partial charge in [0.2, 0.25) is 5.60 Å². The van der Waals surface area contributed by atoms with E-state index < -0.39 is 51.5 Å². The Hall–Kier alpha value is -2.82. The first-order valence-corrected chi connectivity index (χ1v) is 10.6. The molecule has 0 radical (unpaired) electrons. The van der Waals surface area contributed by atoms with E-state index in [1.807, 2.05) is 0 Å². The zero-order chi connectivity index (χ0) is 22.9. The maximum Gasteiger partial charge on any atom is 0.362 e. The number of anilines is 1. The second kappa shape index (κ2) is 8.50. The highest BCUT2D eigenvalue weighted by Gasteiger charge is 2.53. The number of nitrogens with one attached hydrogen (secondary N) is 2. The van der Waals surface area contributed by atoms with E-state index in [1.54, 1.807) is 7.05 Å². The maximum absolute atomic E-state index is 12.7. The van der Waals surface area contributed by atoms with Gasteiger partial charge in [0.1, 0.15) is 11.7 Å². The highest BCUT2D eigenvalue weighted by molar-refractivity contribution is 7.84. The van der Waals surface area contributed by atoms with Gasteiger partial charge in [0.15, 0.2) is 10.8 Å². The topological polar surface area (TPSA) is 214 Å². The quantitative estimate of drug-likeness (QED) is 0.119. The lowest BCUT2D eigenvalue weighted by atomic mass is 9.98. The third kappa shape index (κ3) is 4.66. The summed E-state index contributed by atoms with van der Waals surface area (Å²) in [6, 6.07) is -2.57. The van der Waals surface area contributed by atoms with E-state index in [1.165, 1.54) is 19.2 Å². The number of hydrogen-bond acceptors (Lipinski definition) is 11.